The van der Waals surface area contributed by atoms with Crippen molar-refractivity contribution in [2.24, 2.45) is 5.41 Å². The minimum absolute atomic E-state index is 0.0246. The topological polar surface area (TPSA) is 49.3 Å². The molecule has 0 spiro atoms. The van der Waals surface area contributed by atoms with Gasteiger partial charge in [0.15, 0.2) is 0 Å². The Balaban J connectivity index is 3.12. The van der Waals surface area contributed by atoms with Crippen LogP contribution in [-0.2, 0) is 0 Å². The Morgan fingerprint density at radius 1 is 1.42 bits per heavy atom. The lowest BCUT2D eigenvalue weighted by atomic mass is 9.94. The standard InChI is InChI=1S/C12H12F3NO2S/c1-11(2,12(13,14)15)5-4-7-6-8(16-3)9(19-7)10(17)18/h6,16H,1-3H3,(H,17,18). The molecule has 1 aromatic rings. The zero-order chi connectivity index (χ0) is 14.8. The van der Waals surface area contributed by atoms with Gasteiger partial charge in [0, 0.05) is 7.05 Å². The Morgan fingerprint density at radius 3 is 2.37 bits per heavy atom. The zero-order valence-corrected chi connectivity index (χ0v) is 11.3. The summed E-state index contributed by atoms with van der Waals surface area (Å²) in [6.07, 6.45) is -4.43. The highest BCUT2D eigenvalue weighted by Gasteiger charge is 2.46. The molecule has 0 amide bonds. The van der Waals surface area contributed by atoms with E-state index in [1.54, 1.807) is 0 Å². The van der Waals surface area contributed by atoms with Crippen molar-refractivity contribution in [3.8, 4) is 11.8 Å². The van der Waals surface area contributed by atoms with Gasteiger partial charge in [-0.15, -0.1) is 11.3 Å². The summed E-state index contributed by atoms with van der Waals surface area (Å²) in [6.45, 7) is 1.95. The molecule has 0 bridgehead atoms. The highest BCUT2D eigenvalue weighted by molar-refractivity contribution is 7.15. The first-order valence-electron chi connectivity index (χ1n) is 5.23. The van der Waals surface area contributed by atoms with E-state index in [0.717, 1.165) is 25.2 Å². The van der Waals surface area contributed by atoms with Gasteiger partial charge in [0.2, 0.25) is 0 Å². The average molecular weight is 291 g/mol. The lowest BCUT2D eigenvalue weighted by molar-refractivity contribution is -0.190. The molecule has 0 saturated carbocycles. The molecule has 7 heteroatoms. The third-order valence-corrected chi connectivity index (χ3v) is 3.44. The number of hydrogen-bond acceptors (Lipinski definition) is 3. The fourth-order valence-corrected chi connectivity index (χ4v) is 1.94. The second-order valence-electron chi connectivity index (χ2n) is 4.28. The number of thiophene rings is 1. The molecule has 1 aromatic heterocycles. The molecule has 104 valence electrons. The molecule has 0 atom stereocenters. The van der Waals surface area contributed by atoms with Crippen LogP contribution in [0.3, 0.4) is 0 Å². The van der Waals surface area contributed by atoms with Gasteiger partial charge in [0.05, 0.1) is 10.6 Å². The van der Waals surface area contributed by atoms with E-state index in [1.165, 1.54) is 13.1 Å². The quantitative estimate of drug-likeness (QED) is 0.821. The van der Waals surface area contributed by atoms with E-state index in [9.17, 15) is 18.0 Å². The molecule has 0 aliphatic carbocycles. The maximum atomic E-state index is 12.6. The maximum Gasteiger partial charge on any atom is 0.404 e. The normalized spacial score (nSPS) is 11.7. The van der Waals surface area contributed by atoms with Gasteiger partial charge in [-0.3, -0.25) is 0 Å². The number of rotatable bonds is 2. The molecule has 0 aliphatic rings. The van der Waals surface area contributed by atoms with Crippen molar-refractivity contribution in [2.75, 3.05) is 12.4 Å². The summed E-state index contributed by atoms with van der Waals surface area (Å²) in [7, 11) is 1.53. The molecular formula is C12H12F3NO2S. The first-order valence-corrected chi connectivity index (χ1v) is 6.05. The first-order chi connectivity index (χ1) is 8.58. The minimum Gasteiger partial charge on any atom is -0.477 e. The average Bonchev–Trinajstić information content (AvgIpc) is 2.68. The van der Waals surface area contributed by atoms with Crippen molar-refractivity contribution in [2.45, 2.75) is 20.0 Å². The smallest absolute Gasteiger partial charge is 0.404 e. The third kappa shape index (κ3) is 3.41. The fraction of sp³-hybridized carbons (Fsp3) is 0.417. The Hall–Kier alpha value is -1.68. The van der Waals surface area contributed by atoms with Crippen LogP contribution >= 0.6 is 11.3 Å². The molecular weight excluding hydrogens is 279 g/mol. The third-order valence-electron chi connectivity index (χ3n) is 2.40. The Kier molecular flexibility index (Phi) is 4.15. The second-order valence-corrected chi connectivity index (χ2v) is 5.33. The van der Waals surface area contributed by atoms with Crippen molar-refractivity contribution < 1.29 is 23.1 Å². The van der Waals surface area contributed by atoms with Crippen LogP contribution in [0.25, 0.3) is 0 Å². The summed E-state index contributed by atoms with van der Waals surface area (Å²) >= 11 is 0.841. The van der Waals surface area contributed by atoms with Gasteiger partial charge in [-0.2, -0.15) is 13.2 Å². The van der Waals surface area contributed by atoms with E-state index >= 15 is 0 Å². The van der Waals surface area contributed by atoms with Crippen LogP contribution in [0.4, 0.5) is 18.9 Å². The molecule has 1 rings (SSSR count). The zero-order valence-electron chi connectivity index (χ0n) is 10.5. The van der Waals surface area contributed by atoms with Crippen LogP contribution in [-0.4, -0.2) is 24.3 Å². The number of carboxylic acid groups (broad SMARTS) is 1. The van der Waals surface area contributed by atoms with E-state index in [0.29, 0.717) is 5.69 Å². The number of hydrogen-bond donors (Lipinski definition) is 2. The number of carboxylic acids is 1. The Morgan fingerprint density at radius 2 is 2.00 bits per heavy atom. The van der Waals surface area contributed by atoms with Crippen LogP contribution in [0.15, 0.2) is 6.07 Å². The predicted octanol–water partition coefficient (Wildman–Crippen LogP) is 3.43. The van der Waals surface area contributed by atoms with Crippen molar-refractivity contribution in [1.29, 1.82) is 0 Å². The molecule has 0 saturated heterocycles. The fourth-order valence-electron chi connectivity index (χ4n) is 1.09. The van der Waals surface area contributed by atoms with Crippen molar-refractivity contribution in [1.82, 2.24) is 0 Å². The monoisotopic (exact) mass is 291 g/mol. The number of nitrogens with one attached hydrogen (secondary N) is 1. The van der Waals surface area contributed by atoms with E-state index in [1.807, 2.05) is 0 Å². The van der Waals surface area contributed by atoms with Gasteiger partial charge in [0.1, 0.15) is 10.3 Å². The summed E-state index contributed by atoms with van der Waals surface area (Å²) in [4.78, 5) is 11.2. The molecule has 2 N–H and O–H groups in total. The minimum atomic E-state index is -4.43. The molecule has 0 aliphatic heterocycles. The number of carbonyl (C=O) groups is 1. The van der Waals surface area contributed by atoms with Gasteiger partial charge in [-0.1, -0.05) is 11.8 Å². The van der Waals surface area contributed by atoms with Crippen LogP contribution in [0.5, 0.6) is 0 Å². The highest BCUT2D eigenvalue weighted by atomic mass is 32.1. The van der Waals surface area contributed by atoms with Crippen LogP contribution in [0.2, 0.25) is 0 Å². The van der Waals surface area contributed by atoms with E-state index < -0.39 is 17.6 Å². The second kappa shape index (κ2) is 5.13. The SMILES string of the molecule is CNc1cc(C#CC(C)(C)C(F)(F)F)sc1C(=O)O. The van der Waals surface area contributed by atoms with Gasteiger partial charge in [-0.05, 0) is 19.9 Å². The summed E-state index contributed by atoms with van der Waals surface area (Å²) in [6, 6.07) is 1.42. The molecule has 19 heavy (non-hydrogen) atoms. The summed E-state index contributed by atoms with van der Waals surface area (Å²) in [5.41, 5.74) is -1.80. The molecule has 1 heterocycles. The lowest BCUT2D eigenvalue weighted by Gasteiger charge is -2.20. The van der Waals surface area contributed by atoms with Crippen LogP contribution in [0.1, 0.15) is 28.4 Å². The van der Waals surface area contributed by atoms with Gasteiger partial charge < -0.3 is 10.4 Å². The van der Waals surface area contributed by atoms with E-state index in [4.69, 9.17) is 5.11 Å². The molecule has 0 fully saturated rings. The predicted molar refractivity (Wildman–Crippen MR) is 67.5 cm³/mol. The summed E-state index contributed by atoms with van der Waals surface area (Å²) in [5.74, 6) is 3.38. The number of alkyl halides is 3. The molecule has 0 aromatic carbocycles. The Bertz CT molecular complexity index is 550. The number of anilines is 1. The lowest BCUT2D eigenvalue weighted by Crippen LogP contribution is -2.30. The molecule has 0 radical (unpaired) electrons. The van der Waals surface area contributed by atoms with Gasteiger partial charge in [-0.25, -0.2) is 4.79 Å². The van der Waals surface area contributed by atoms with Crippen LogP contribution < -0.4 is 5.32 Å². The summed E-state index contributed by atoms with van der Waals surface area (Å²) < 4.78 is 37.8. The largest absolute Gasteiger partial charge is 0.477 e. The van der Waals surface area contributed by atoms with Crippen LogP contribution in [0, 0.1) is 17.3 Å². The van der Waals surface area contributed by atoms with Gasteiger partial charge >= 0.3 is 12.1 Å². The van der Waals surface area contributed by atoms with Crippen molar-refractivity contribution in [3.63, 3.8) is 0 Å². The number of halogens is 3. The maximum absolute atomic E-state index is 12.6. The van der Waals surface area contributed by atoms with Crippen molar-refractivity contribution >= 4 is 23.0 Å². The first kappa shape index (κ1) is 15.4. The Labute approximate surface area is 112 Å². The number of aromatic carboxylic acids is 1. The molecule has 3 nitrogen and oxygen atoms in total. The van der Waals surface area contributed by atoms with E-state index in [2.05, 4.69) is 17.2 Å². The molecule has 0 unspecified atom stereocenters. The highest BCUT2D eigenvalue weighted by Crippen LogP contribution is 2.37. The van der Waals surface area contributed by atoms with Gasteiger partial charge in [0.25, 0.3) is 0 Å². The van der Waals surface area contributed by atoms with Crippen molar-refractivity contribution in [3.05, 3.63) is 15.8 Å². The summed E-state index contributed by atoms with van der Waals surface area (Å²) in [5, 5.41) is 11.6. The van der Waals surface area contributed by atoms with E-state index in [-0.39, 0.29) is 9.75 Å².